The summed E-state index contributed by atoms with van der Waals surface area (Å²) in [4.78, 5) is 0. The Bertz CT molecular complexity index is 806. The first kappa shape index (κ1) is 35.1. The largest absolute Gasteiger partial charge is 0.500 e. The van der Waals surface area contributed by atoms with Crippen LogP contribution in [0.2, 0.25) is 6.04 Å². The van der Waals surface area contributed by atoms with E-state index >= 15 is 0 Å². The maximum atomic E-state index is 13.9. The molecule has 6 nitrogen and oxygen atoms in total. The van der Waals surface area contributed by atoms with Gasteiger partial charge in [0.1, 0.15) is 0 Å². The third-order valence-electron chi connectivity index (χ3n) is 4.29. The van der Waals surface area contributed by atoms with Crippen molar-refractivity contribution in [3.05, 3.63) is 0 Å². The van der Waals surface area contributed by atoms with E-state index in [2.05, 4.69) is 0 Å². The van der Waals surface area contributed by atoms with Gasteiger partial charge in [-0.25, -0.2) is 13.1 Å². The number of sulfonamides is 1. The first-order chi connectivity index (χ1) is 15.9. The molecule has 0 bridgehead atoms. The molecule has 0 saturated carbocycles. The van der Waals surface area contributed by atoms with E-state index in [1.54, 1.807) is 0 Å². The standard InChI is InChI=1S/C15H22F13NO5SSi/c1-4-32-36(33-5-2,34-6-3)9-7-8-29-35(30,31)15(27,28)13(22,23)11(18,19)10(16,17)12(20,21)14(24,25)26/h29H,4-9H2,1-3H3. The van der Waals surface area contributed by atoms with Gasteiger partial charge in [0.15, 0.2) is 0 Å². The molecule has 21 heteroatoms. The minimum atomic E-state index is -8.21. The second-order valence-corrected chi connectivity index (χ2v) is 11.3. The van der Waals surface area contributed by atoms with E-state index in [1.165, 1.54) is 20.8 Å². The van der Waals surface area contributed by atoms with E-state index in [1.807, 2.05) is 0 Å². The van der Waals surface area contributed by atoms with E-state index < -0.39 is 66.9 Å². The number of alkyl halides is 13. The Labute approximate surface area is 197 Å². The van der Waals surface area contributed by atoms with Crippen molar-refractivity contribution < 1.29 is 78.8 Å². The Balaban J connectivity index is 5.94. The van der Waals surface area contributed by atoms with Gasteiger partial charge >= 0.3 is 43.9 Å². The molecule has 1 N–H and O–H groups in total. The average Bonchev–Trinajstić information content (AvgIpc) is 2.70. The normalized spacial score (nSPS) is 15.4. The van der Waals surface area contributed by atoms with Crippen molar-refractivity contribution >= 4 is 18.8 Å². The zero-order valence-corrected chi connectivity index (χ0v) is 20.4. The van der Waals surface area contributed by atoms with Crippen LogP contribution in [0.3, 0.4) is 0 Å². The van der Waals surface area contributed by atoms with Crippen molar-refractivity contribution in [3.8, 4) is 0 Å². The molecule has 36 heavy (non-hydrogen) atoms. The summed E-state index contributed by atoms with van der Waals surface area (Å²) in [5.74, 6) is -32.3. The van der Waals surface area contributed by atoms with E-state index in [9.17, 15) is 65.5 Å². The third-order valence-corrected chi connectivity index (χ3v) is 8.95. The molecule has 0 aromatic heterocycles. The molecular formula is C15H22F13NO5SSi. The molecular weight excluding hydrogens is 581 g/mol. The van der Waals surface area contributed by atoms with Crippen LogP contribution >= 0.6 is 0 Å². The Kier molecular flexibility index (Phi) is 11.2. The van der Waals surface area contributed by atoms with Gasteiger partial charge in [-0.05, 0) is 27.2 Å². The highest BCUT2D eigenvalue weighted by molar-refractivity contribution is 7.90. The van der Waals surface area contributed by atoms with Crippen molar-refractivity contribution in [2.24, 2.45) is 0 Å². The van der Waals surface area contributed by atoms with E-state index in [-0.39, 0.29) is 25.9 Å². The van der Waals surface area contributed by atoms with Crippen LogP contribution in [-0.2, 0) is 23.3 Å². The summed E-state index contributed by atoms with van der Waals surface area (Å²) in [5, 5.41) is -7.29. The minimum absolute atomic E-state index is 0.00586. The third kappa shape index (κ3) is 6.21. The molecule has 0 radical (unpaired) electrons. The van der Waals surface area contributed by atoms with Crippen molar-refractivity contribution in [1.82, 2.24) is 4.72 Å². The summed E-state index contributed by atoms with van der Waals surface area (Å²) >= 11 is 0. The molecule has 0 aliphatic heterocycles. The molecule has 0 aromatic rings. The van der Waals surface area contributed by atoms with Gasteiger partial charge in [0.2, 0.25) is 0 Å². The van der Waals surface area contributed by atoms with Crippen molar-refractivity contribution in [2.45, 2.75) is 68.4 Å². The van der Waals surface area contributed by atoms with Gasteiger partial charge in [-0.1, -0.05) is 0 Å². The minimum Gasteiger partial charge on any atom is -0.374 e. The molecule has 0 atom stereocenters. The second kappa shape index (κ2) is 11.5. The zero-order valence-electron chi connectivity index (χ0n) is 18.6. The second-order valence-electron chi connectivity index (χ2n) is 6.80. The van der Waals surface area contributed by atoms with Gasteiger partial charge in [0, 0.05) is 32.4 Å². The van der Waals surface area contributed by atoms with Gasteiger partial charge in [0.05, 0.1) is 0 Å². The number of nitrogens with one attached hydrogen (secondary N) is 1. The fraction of sp³-hybridized carbons (Fsp3) is 1.00. The smallest absolute Gasteiger partial charge is 0.374 e. The first-order valence-electron chi connectivity index (χ1n) is 9.76. The van der Waals surface area contributed by atoms with Gasteiger partial charge in [-0.3, -0.25) is 0 Å². The topological polar surface area (TPSA) is 73.9 Å². The maximum absolute atomic E-state index is 13.9. The number of halogens is 13. The monoisotopic (exact) mass is 603 g/mol. The summed E-state index contributed by atoms with van der Waals surface area (Å²) in [7, 11) is -10.6. The highest BCUT2D eigenvalue weighted by Crippen LogP contribution is 2.60. The predicted molar refractivity (Wildman–Crippen MR) is 97.8 cm³/mol. The summed E-state index contributed by atoms with van der Waals surface area (Å²) in [6.45, 7) is 3.20. The lowest BCUT2D eigenvalue weighted by molar-refractivity contribution is -0.433. The molecule has 0 spiro atoms. The van der Waals surface area contributed by atoms with Gasteiger partial charge in [-0.15, -0.1) is 0 Å². The van der Waals surface area contributed by atoms with Gasteiger partial charge in [0.25, 0.3) is 10.0 Å². The zero-order chi connectivity index (χ0) is 29.1. The summed E-state index contributed by atoms with van der Waals surface area (Å²) in [6, 6.07) is -0.348. The fourth-order valence-corrected chi connectivity index (χ4v) is 6.20. The highest BCUT2D eigenvalue weighted by Gasteiger charge is 2.92. The van der Waals surface area contributed by atoms with Gasteiger partial charge in [-0.2, -0.15) is 57.1 Å². The van der Waals surface area contributed by atoms with Gasteiger partial charge < -0.3 is 13.3 Å². The summed E-state index contributed by atoms with van der Waals surface area (Å²) < 4.78 is 211. The maximum Gasteiger partial charge on any atom is 0.500 e. The number of rotatable bonds is 16. The van der Waals surface area contributed by atoms with Crippen molar-refractivity contribution in [1.29, 1.82) is 0 Å². The lowest BCUT2D eigenvalue weighted by atomic mass is 9.98. The van der Waals surface area contributed by atoms with Crippen LogP contribution in [0.5, 0.6) is 0 Å². The molecule has 0 aliphatic carbocycles. The van der Waals surface area contributed by atoms with E-state index in [0.717, 1.165) is 0 Å². The predicted octanol–water partition coefficient (Wildman–Crippen LogP) is 5.04. The molecule has 218 valence electrons. The molecule has 0 amide bonds. The fourth-order valence-electron chi connectivity index (χ4n) is 2.53. The van der Waals surface area contributed by atoms with Crippen LogP contribution < -0.4 is 4.72 Å². The van der Waals surface area contributed by atoms with Crippen molar-refractivity contribution in [3.63, 3.8) is 0 Å². The van der Waals surface area contributed by atoms with Crippen LogP contribution in [0.4, 0.5) is 57.1 Å². The Hall–Kier alpha value is -0.903. The lowest BCUT2D eigenvalue weighted by Crippen LogP contribution is -2.71. The highest BCUT2D eigenvalue weighted by atomic mass is 32.2. The van der Waals surface area contributed by atoms with E-state index in [4.69, 9.17) is 13.3 Å². The molecule has 0 unspecified atom stereocenters. The van der Waals surface area contributed by atoms with Crippen LogP contribution in [0, 0.1) is 0 Å². The molecule has 0 heterocycles. The van der Waals surface area contributed by atoms with Crippen LogP contribution in [0.15, 0.2) is 0 Å². The summed E-state index contributed by atoms with van der Waals surface area (Å²) in [5.41, 5.74) is 0. The Morgan fingerprint density at radius 2 is 1.00 bits per heavy atom. The molecule has 0 rings (SSSR count). The van der Waals surface area contributed by atoms with Crippen LogP contribution in [0.1, 0.15) is 27.2 Å². The number of hydrogen-bond acceptors (Lipinski definition) is 5. The van der Waals surface area contributed by atoms with Crippen molar-refractivity contribution in [2.75, 3.05) is 26.4 Å². The SMILES string of the molecule is CCO[Si](CCCNS(=O)(=O)C(F)(F)C(F)(F)C(F)(F)C(F)(F)C(F)(F)C(F)(F)F)(OCC)OCC. The lowest BCUT2D eigenvalue weighted by Gasteiger charge is -2.39. The Morgan fingerprint density at radius 3 is 1.33 bits per heavy atom. The molecule has 0 aliphatic rings. The van der Waals surface area contributed by atoms with Crippen LogP contribution in [0.25, 0.3) is 0 Å². The number of hydrogen-bond donors (Lipinski definition) is 1. The molecule has 0 saturated heterocycles. The van der Waals surface area contributed by atoms with E-state index in [0.29, 0.717) is 4.72 Å². The first-order valence-corrected chi connectivity index (χ1v) is 13.2. The quantitative estimate of drug-likeness (QED) is 0.152. The summed E-state index contributed by atoms with van der Waals surface area (Å²) in [6.07, 6.45) is -8.19. The molecule has 0 fully saturated rings. The Morgan fingerprint density at radius 1 is 0.639 bits per heavy atom. The van der Waals surface area contributed by atoms with Crippen LogP contribution in [-0.4, -0.2) is 78.7 Å². The average molecular weight is 603 g/mol. The molecule has 0 aromatic carbocycles.